The van der Waals surface area contributed by atoms with Gasteiger partial charge in [-0.25, -0.2) is 4.98 Å². The van der Waals surface area contributed by atoms with E-state index in [0.29, 0.717) is 12.0 Å². The third kappa shape index (κ3) is 3.60. The second-order valence-electron chi connectivity index (χ2n) is 7.38. The van der Waals surface area contributed by atoms with Gasteiger partial charge in [-0.1, -0.05) is 18.2 Å². The molecule has 0 spiro atoms. The molecule has 5 nitrogen and oxygen atoms in total. The maximum atomic E-state index is 12.4. The Morgan fingerprint density at radius 3 is 2.43 bits per heavy atom. The molecular weight excluding hydrogens is 350 g/mol. The number of rotatable bonds is 4. The number of aromatic nitrogens is 1. The van der Waals surface area contributed by atoms with Gasteiger partial charge in [0.05, 0.1) is 17.6 Å². The zero-order valence-electron chi connectivity index (χ0n) is 15.9. The van der Waals surface area contributed by atoms with Crippen LogP contribution in [0.4, 0.5) is 0 Å². The maximum Gasteiger partial charge on any atom is 0.248 e. The minimum absolute atomic E-state index is 0.202. The summed E-state index contributed by atoms with van der Waals surface area (Å²) in [6, 6.07) is 15.2. The Morgan fingerprint density at radius 1 is 1.04 bits per heavy atom. The zero-order chi connectivity index (χ0) is 19.7. The number of benzene rings is 2. The second-order valence-corrected chi connectivity index (χ2v) is 7.38. The number of amides is 2. The van der Waals surface area contributed by atoms with Gasteiger partial charge in [-0.05, 0) is 61.2 Å². The van der Waals surface area contributed by atoms with Crippen molar-refractivity contribution in [3.63, 3.8) is 0 Å². The molecular formula is C23H23N3O2. The lowest BCUT2D eigenvalue weighted by Crippen LogP contribution is -2.29. The first-order valence-corrected chi connectivity index (χ1v) is 9.59. The fraction of sp³-hybridized carbons (Fsp3) is 0.261. The fourth-order valence-electron chi connectivity index (χ4n) is 3.76. The van der Waals surface area contributed by atoms with Crippen LogP contribution >= 0.6 is 0 Å². The van der Waals surface area contributed by atoms with Crippen molar-refractivity contribution >= 4 is 22.7 Å². The smallest absolute Gasteiger partial charge is 0.248 e. The van der Waals surface area contributed by atoms with Crippen LogP contribution in [0.2, 0.25) is 0 Å². The first-order chi connectivity index (χ1) is 13.5. The second kappa shape index (κ2) is 7.43. The molecule has 1 aliphatic rings. The summed E-state index contributed by atoms with van der Waals surface area (Å²) in [7, 11) is 0. The lowest BCUT2D eigenvalue weighted by Gasteiger charge is -2.15. The zero-order valence-corrected chi connectivity index (χ0v) is 15.9. The molecule has 2 N–H and O–H groups in total. The van der Waals surface area contributed by atoms with E-state index in [0.717, 1.165) is 59.2 Å². The number of fused-ring (bicyclic) bond motifs is 1. The van der Waals surface area contributed by atoms with Crippen LogP contribution in [0.25, 0.3) is 22.2 Å². The Kier molecular flexibility index (Phi) is 4.82. The molecule has 28 heavy (non-hydrogen) atoms. The molecule has 0 aliphatic carbocycles. The molecule has 0 radical (unpaired) electrons. The molecule has 1 aromatic heterocycles. The van der Waals surface area contributed by atoms with E-state index in [1.807, 2.05) is 35.2 Å². The Hall–Kier alpha value is -3.21. The van der Waals surface area contributed by atoms with Gasteiger partial charge in [0, 0.05) is 29.6 Å². The number of hydrogen-bond acceptors (Lipinski definition) is 3. The number of pyridine rings is 1. The fourth-order valence-corrected chi connectivity index (χ4v) is 3.76. The van der Waals surface area contributed by atoms with Crippen molar-refractivity contribution in [1.82, 2.24) is 9.88 Å². The van der Waals surface area contributed by atoms with Crippen LogP contribution < -0.4 is 5.73 Å². The van der Waals surface area contributed by atoms with E-state index in [-0.39, 0.29) is 5.91 Å². The van der Waals surface area contributed by atoms with Gasteiger partial charge >= 0.3 is 0 Å². The van der Waals surface area contributed by atoms with Crippen LogP contribution in [0.1, 0.15) is 34.3 Å². The molecule has 5 heteroatoms. The van der Waals surface area contributed by atoms with E-state index in [9.17, 15) is 9.59 Å². The minimum atomic E-state index is -0.440. The molecule has 0 unspecified atom stereocenters. The molecule has 2 amide bonds. The van der Waals surface area contributed by atoms with Crippen LogP contribution in [0.3, 0.4) is 0 Å². The summed E-state index contributed by atoms with van der Waals surface area (Å²) in [4.78, 5) is 30.4. The highest BCUT2D eigenvalue weighted by molar-refractivity contribution is 5.93. The quantitative estimate of drug-likeness (QED) is 0.761. The number of primary amides is 1. The van der Waals surface area contributed by atoms with Gasteiger partial charge in [0.25, 0.3) is 0 Å². The highest BCUT2D eigenvalue weighted by Gasteiger charge is 2.18. The van der Waals surface area contributed by atoms with E-state index in [1.54, 1.807) is 12.1 Å². The van der Waals surface area contributed by atoms with Gasteiger partial charge in [0.1, 0.15) is 0 Å². The first-order valence-electron chi connectivity index (χ1n) is 9.59. The third-order valence-electron chi connectivity index (χ3n) is 5.36. The summed E-state index contributed by atoms with van der Waals surface area (Å²) in [6.45, 7) is 3.81. The van der Waals surface area contributed by atoms with Crippen LogP contribution in [-0.2, 0) is 11.2 Å². The van der Waals surface area contributed by atoms with Crippen molar-refractivity contribution in [2.24, 2.45) is 5.73 Å². The summed E-state index contributed by atoms with van der Waals surface area (Å²) in [5.41, 5.74) is 10.6. The minimum Gasteiger partial charge on any atom is -0.366 e. The summed E-state index contributed by atoms with van der Waals surface area (Å²) < 4.78 is 0. The molecule has 2 aromatic carbocycles. The van der Waals surface area contributed by atoms with Gasteiger partial charge in [0.2, 0.25) is 11.8 Å². The third-order valence-corrected chi connectivity index (χ3v) is 5.36. The number of hydrogen-bond donors (Lipinski definition) is 1. The standard InChI is InChI=1S/C23H23N3O2/c1-15-12-21(17-5-7-18(8-6-17)23(24)28)25-20-9-4-16(13-19(15)20)14-22(27)26-10-2-3-11-26/h4-9,12-13H,2-3,10-11,14H2,1H3,(H2,24,28). The van der Waals surface area contributed by atoms with E-state index in [2.05, 4.69) is 13.0 Å². The maximum absolute atomic E-state index is 12.4. The number of carbonyl (C=O) groups is 2. The molecule has 4 rings (SSSR count). The van der Waals surface area contributed by atoms with Gasteiger partial charge in [0.15, 0.2) is 0 Å². The number of nitrogens with zero attached hydrogens (tertiary/aromatic N) is 2. The van der Waals surface area contributed by atoms with Crippen molar-refractivity contribution < 1.29 is 9.59 Å². The molecule has 1 saturated heterocycles. The first kappa shape index (κ1) is 18.2. The lowest BCUT2D eigenvalue weighted by molar-refractivity contribution is -0.129. The number of nitrogens with two attached hydrogens (primary N) is 1. The van der Waals surface area contributed by atoms with E-state index >= 15 is 0 Å². The Bertz CT molecular complexity index is 1050. The highest BCUT2D eigenvalue weighted by Crippen LogP contribution is 2.26. The van der Waals surface area contributed by atoms with Crippen LogP contribution in [-0.4, -0.2) is 34.8 Å². The van der Waals surface area contributed by atoms with Gasteiger partial charge in [-0.3, -0.25) is 9.59 Å². The normalized spacial score (nSPS) is 13.8. The SMILES string of the molecule is Cc1cc(-c2ccc(C(N)=O)cc2)nc2ccc(CC(=O)N3CCCC3)cc12. The average Bonchev–Trinajstić information content (AvgIpc) is 3.23. The summed E-state index contributed by atoms with van der Waals surface area (Å²) >= 11 is 0. The molecule has 1 fully saturated rings. The summed E-state index contributed by atoms with van der Waals surface area (Å²) in [5, 5.41) is 1.06. The summed E-state index contributed by atoms with van der Waals surface area (Å²) in [5.74, 6) is -0.237. The van der Waals surface area contributed by atoms with Crippen molar-refractivity contribution in [3.8, 4) is 11.3 Å². The van der Waals surface area contributed by atoms with Gasteiger partial charge in [-0.2, -0.15) is 0 Å². The molecule has 142 valence electrons. The van der Waals surface area contributed by atoms with E-state index in [4.69, 9.17) is 10.7 Å². The Balaban J connectivity index is 1.62. The van der Waals surface area contributed by atoms with E-state index in [1.165, 1.54) is 0 Å². The molecule has 0 atom stereocenters. The molecule has 0 saturated carbocycles. The largest absolute Gasteiger partial charge is 0.366 e. The van der Waals surface area contributed by atoms with Crippen molar-refractivity contribution in [2.45, 2.75) is 26.2 Å². The average molecular weight is 373 g/mol. The Morgan fingerprint density at radius 2 is 1.75 bits per heavy atom. The Labute approximate surface area is 164 Å². The molecule has 2 heterocycles. The van der Waals surface area contributed by atoms with Crippen LogP contribution in [0.5, 0.6) is 0 Å². The molecule has 0 bridgehead atoms. The monoisotopic (exact) mass is 373 g/mol. The van der Waals surface area contributed by atoms with Crippen LogP contribution in [0, 0.1) is 6.92 Å². The predicted molar refractivity (Wildman–Crippen MR) is 110 cm³/mol. The van der Waals surface area contributed by atoms with Crippen molar-refractivity contribution in [2.75, 3.05) is 13.1 Å². The molecule has 3 aromatic rings. The van der Waals surface area contributed by atoms with Crippen LogP contribution in [0.15, 0.2) is 48.5 Å². The lowest BCUT2D eigenvalue weighted by atomic mass is 10.0. The van der Waals surface area contributed by atoms with Gasteiger partial charge in [-0.15, -0.1) is 0 Å². The number of likely N-dealkylation sites (tertiary alicyclic amines) is 1. The van der Waals surface area contributed by atoms with Crippen molar-refractivity contribution in [1.29, 1.82) is 0 Å². The number of aryl methyl sites for hydroxylation is 1. The predicted octanol–water partition coefficient (Wildman–Crippen LogP) is 3.47. The summed E-state index contributed by atoms with van der Waals surface area (Å²) in [6.07, 6.45) is 2.65. The molecule has 1 aliphatic heterocycles. The van der Waals surface area contributed by atoms with Gasteiger partial charge < -0.3 is 10.6 Å². The van der Waals surface area contributed by atoms with E-state index < -0.39 is 5.91 Å². The number of carbonyl (C=O) groups excluding carboxylic acids is 2. The topological polar surface area (TPSA) is 76.3 Å². The highest BCUT2D eigenvalue weighted by atomic mass is 16.2. The van der Waals surface area contributed by atoms with Crippen molar-refractivity contribution in [3.05, 3.63) is 65.2 Å².